The van der Waals surface area contributed by atoms with Crippen LogP contribution in [0.25, 0.3) is 10.1 Å². The fraction of sp³-hybridized carbons (Fsp3) is 0.318. The molecule has 1 fully saturated rings. The molecule has 3 aromatic rings. The molecular formula is C22H23NO4S2. The fourth-order valence-electron chi connectivity index (χ4n) is 3.82. The maximum absolute atomic E-state index is 13.6. The van der Waals surface area contributed by atoms with Crippen LogP contribution in [0.3, 0.4) is 0 Å². The minimum absolute atomic E-state index is 0.0266. The summed E-state index contributed by atoms with van der Waals surface area (Å²) in [6, 6.07) is 15.2. The third kappa shape index (κ3) is 4.02. The van der Waals surface area contributed by atoms with E-state index in [1.807, 2.05) is 55.5 Å². The summed E-state index contributed by atoms with van der Waals surface area (Å²) in [5, 5.41) is 1.07. The van der Waals surface area contributed by atoms with Gasteiger partial charge in [0.25, 0.3) is 5.91 Å². The van der Waals surface area contributed by atoms with Crippen LogP contribution in [0.4, 0.5) is 0 Å². The van der Waals surface area contributed by atoms with E-state index in [1.54, 1.807) is 12.0 Å². The summed E-state index contributed by atoms with van der Waals surface area (Å²) in [7, 11) is -1.49. The second-order valence-corrected chi connectivity index (χ2v) is 10.7. The Hall–Kier alpha value is -2.38. The summed E-state index contributed by atoms with van der Waals surface area (Å²) in [4.78, 5) is 16.0. The van der Waals surface area contributed by atoms with Gasteiger partial charge in [0.15, 0.2) is 9.84 Å². The zero-order chi connectivity index (χ0) is 20.6. The first-order chi connectivity index (χ1) is 13.9. The number of ether oxygens (including phenoxy) is 1. The van der Waals surface area contributed by atoms with E-state index < -0.39 is 9.84 Å². The van der Waals surface area contributed by atoms with Crippen molar-refractivity contribution >= 4 is 37.2 Å². The number of carbonyl (C=O) groups is 1. The third-order valence-corrected chi connectivity index (χ3v) is 8.47. The second kappa shape index (κ2) is 7.80. The van der Waals surface area contributed by atoms with Gasteiger partial charge >= 0.3 is 0 Å². The average molecular weight is 430 g/mol. The number of amides is 1. The molecule has 1 aliphatic heterocycles. The first-order valence-electron chi connectivity index (χ1n) is 9.50. The number of fused-ring (bicyclic) bond motifs is 1. The van der Waals surface area contributed by atoms with Gasteiger partial charge < -0.3 is 9.64 Å². The van der Waals surface area contributed by atoms with Crippen molar-refractivity contribution in [2.45, 2.75) is 25.9 Å². The molecule has 0 saturated carbocycles. The van der Waals surface area contributed by atoms with Crippen LogP contribution in [0.5, 0.6) is 5.75 Å². The molecule has 0 bridgehead atoms. The monoisotopic (exact) mass is 429 g/mol. The highest BCUT2D eigenvalue weighted by molar-refractivity contribution is 7.91. The molecule has 1 amide bonds. The highest BCUT2D eigenvalue weighted by Crippen LogP contribution is 2.33. The SMILES string of the molecule is COc1ccc(CN(C(=O)c2sc3ccccc3c2C)C2CCS(=O)(=O)C2)cc1. The number of carbonyl (C=O) groups excluding carboxylic acids is 1. The lowest BCUT2D eigenvalue weighted by molar-refractivity contribution is 0.0685. The predicted molar refractivity (Wildman–Crippen MR) is 116 cm³/mol. The van der Waals surface area contributed by atoms with Gasteiger partial charge in [-0.15, -0.1) is 11.3 Å². The Morgan fingerprint density at radius 1 is 1.17 bits per heavy atom. The van der Waals surface area contributed by atoms with E-state index in [4.69, 9.17) is 4.74 Å². The van der Waals surface area contributed by atoms with Gasteiger partial charge in [-0.05, 0) is 48.1 Å². The maximum Gasteiger partial charge on any atom is 0.264 e. The number of nitrogens with zero attached hydrogens (tertiary/aromatic N) is 1. The highest BCUT2D eigenvalue weighted by Gasteiger charge is 2.36. The van der Waals surface area contributed by atoms with E-state index in [1.165, 1.54) is 11.3 Å². The fourth-order valence-corrected chi connectivity index (χ4v) is 6.72. The molecule has 2 aromatic carbocycles. The van der Waals surface area contributed by atoms with Crippen LogP contribution < -0.4 is 4.74 Å². The second-order valence-electron chi connectivity index (χ2n) is 7.39. The molecule has 1 aliphatic rings. The van der Waals surface area contributed by atoms with Gasteiger partial charge in [-0.2, -0.15) is 0 Å². The van der Waals surface area contributed by atoms with E-state index in [2.05, 4.69) is 0 Å². The molecule has 29 heavy (non-hydrogen) atoms. The van der Waals surface area contributed by atoms with Crippen molar-refractivity contribution in [3.8, 4) is 5.75 Å². The van der Waals surface area contributed by atoms with Crippen LogP contribution in [0.1, 0.15) is 27.2 Å². The van der Waals surface area contributed by atoms with Crippen molar-refractivity contribution in [3.05, 3.63) is 64.5 Å². The van der Waals surface area contributed by atoms with Crippen molar-refractivity contribution in [3.63, 3.8) is 0 Å². The van der Waals surface area contributed by atoms with E-state index in [0.717, 1.165) is 27.0 Å². The molecule has 1 aromatic heterocycles. The van der Waals surface area contributed by atoms with Gasteiger partial charge in [0.05, 0.1) is 23.5 Å². The van der Waals surface area contributed by atoms with E-state index in [0.29, 0.717) is 17.8 Å². The molecule has 152 valence electrons. The first-order valence-corrected chi connectivity index (χ1v) is 12.1. The normalized spacial score (nSPS) is 18.1. The van der Waals surface area contributed by atoms with Crippen LogP contribution >= 0.6 is 11.3 Å². The van der Waals surface area contributed by atoms with Gasteiger partial charge in [0, 0.05) is 17.3 Å². The molecule has 0 N–H and O–H groups in total. The van der Waals surface area contributed by atoms with E-state index in [9.17, 15) is 13.2 Å². The molecule has 1 saturated heterocycles. The zero-order valence-electron chi connectivity index (χ0n) is 16.4. The van der Waals surface area contributed by atoms with Crippen molar-refractivity contribution in [1.82, 2.24) is 4.90 Å². The lowest BCUT2D eigenvalue weighted by Gasteiger charge is -2.28. The van der Waals surface area contributed by atoms with Gasteiger partial charge in [0.2, 0.25) is 0 Å². The Kier molecular flexibility index (Phi) is 5.36. The quantitative estimate of drug-likeness (QED) is 0.614. The highest BCUT2D eigenvalue weighted by atomic mass is 32.2. The number of thiophene rings is 1. The van der Waals surface area contributed by atoms with Crippen LogP contribution in [0.2, 0.25) is 0 Å². The van der Waals surface area contributed by atoms with Gasteiger partial charge in [-0.1, -0.05) is 30.3 Å². The Morgan fingerprint density at radius 3 is 2.52 bits per heavy atom. The van der Waals surface area contributed by atoms with Crippen molar-refractivity contribution < 1.29 is 17.9 Å². The summed E-state index contributed by atoms with van der Waals surface area (Å²) in [5.41, 5.74) is 1.90. The number of hydrogen-bond donors (Lipinski definition) is 0. The third-order valence-electron chi connectivity index (χ3n) is 5.46. The average Bonchev–Trinajstić information content (AvgIpc) is 3.25. The van der Waals surface area contributed by atoms with Crippen molar-refractivity contribution in [2.24, 2.45) is 0 Å². The molecule has 7 heteroatoms. The lowest BCUT2D eigenvalue weighted by atomic mass is 10.1. The minimum atomic E-state index is -3.10. The summed E-state index contributed by atoms with van der Waals surface area (Å²) in [5.74, 6) is 0.811. The van der Waals surface area contributed by atoms with E-state index in [-0.39, 0.29) is 23.5 Å². The van der Waals surface area contributed by atoms with Gasteiger partial charge in [0.1, 0.15) is 5.75 Å². The van der Waals surface area contributed by atoms with Crippen LogP contribution in [-0.2, 0) is 16.4 Å². The van der Waals surface area contributed by atoms with Crippen LogP contribution in [0.15, 0.2) is 48.5 Å². The molecule has 5 nitrogen and oxygen atoms in total. The Bertz CT molecular complexity index is 1150. The Morgan fingerprint density at radius 2 is 1.90 bits per heavy atom. The predicted octanol–water partition coefficient (Wildman–Crippen LogP) is 4.05. The maximum atomic E-state index is 13.6. The number of benzene rings is 2. The number of methoxy groups -OCH3 is 1. The summed E-state index contributed by atoms with van der Waals surface area (Å²) in [6.07, 6.45) is 0.480. The number of sulfone groups is 1. The molecular weight excluding hydrogens is 406 g/mol. The van der Waals surface area contributed by atoms with Crippen molar-refractivity contribution in [2.75, 3.05) is 18.6 Å². The number of rotatable bonds is 5. The largest absolute Gasteiger partial charge is 0.497 e. The lowest BCUT2D eigenvalue weighted by Crippen LogP contribution is -2.40. The smallest absolute Gasteiger partial charge is 0.264 e. The number of aryl methyl sites for hydroxylation is 1. The summed E-state index contributed by atoms with van der Waals surface area (Å²) >= 11 is 1.47. The zero-order valence-corrected chi connectivity index (χ0v) is 18.1. The Balaban J connectivity index is 1.70. The molecule has 0 radical (unpaired) electrons. The summed E-state index contributed by atoms with van der Waals surface area (Å²) in [6.45, 7) is 2.33. The summed E-state index contributed by atoms with van der Waals surface area (Å²) < 4.78 is 30.5. The number of hydrogen-bond acceptors (Lipinski definition) is 5. The molecule has 1 atom stereocenters. The molecule has 0 spiro atoms. The minimum Gasteiger partial charge on any atom is -0.497 e. The first kappa shape index (κ1) is 19.9. The Labute approximate surface area is 174 Å². The standard InChI is InChI=1S/C22H23NO4S2/c1-15-19-5-3-4-6-20(19)28-21(15)22(24)23(17-11-12-29(25,26)14-17)13-16-7-9-18(27-2)10-8-16/h3-10,17H,11-14H2,1-2H3. The van der Waals surface area contributed by atoms with Gasteiger partial charge in [-0.3, -0.25) is 4.79 Å². The van der Waals surface area contributed by atoms with Crippen LogP contribution in [0, 0.1) is 6.92 Å². The van der Waals surface area contributed by atoms with Crippen LogP contribution in [-0.4, -0.2) is 43.9 Å². The topological polar surface area (TPSA) is 63.7 Å². The molecule has 0 aliphatic carbocycles. The van der Waals surface area contributed by atoms with Crippen molar-refractivity contribution in [1.29, 1.82) is 0 Å². The molecule has 4 rings (SSSR count). The van der Waals surface area contributed by atoms with E-state index >= 15 is 0 Å². The molecule has 1 unspecified atom stereocenters. The molecule has 2 heterocycles. The van der Waals surface area contributed by atoms with Gasteiger partial charge in [-0.25, -0.2) is 8.42 Å².